The van der Waals surface area contributed by atoms with Crippen molar-refractivity contribution >= 4 is 9.84 Å². The van der Waals surface area contributed by atoms with Gasteiger partial charge in [-0.3, -0.25) is 0 Å². The van der Waals surface area contributed by atoms with E-state index in [0.717, 1.165) is 6.26 Å². The van der Waals surface area contributed by atoms with Crippen LogP contribution in [0.15, 0.2) is 64.2 Å². The van der Waals surface area contributed by atoms with Gasteiger partial charge in [-0.1, -0.05) is 29.4 Å². The third-order valence-electron chi connectivity index (χ3n) is 3.61. The van der Waals surface area contributed by atoms with E-state index in [0.29, 0.717) is 22.4 Å². The van der Waals surface area contributed by atoms with Crippen molar-refractivity contribution < 1.29 is 21.7 Å². The highest BCUT2D eigenvalue weighted by Gasteiger charge is 2.17. The molecule has 0 N–H and O–H groups in total. The summed E-state index contributed by atoms with van der Waals surface area (Å²) in [5.74, 6) is 0. The molecule has 1 aromatic heterocycles. The number of nitrogens with zero attached hydrogens (tertiary/aromatic N) is 1. The Morgan fingerprint density at radius 3 is 2.21 bits per heavy atom. The molecule has 0 amide bonds. The Morgan fingerprint density at radius 2 is 1.67 bits per heavy atom. The molecule has 3 aromatic rings. The molecule has 0 spiro atoms. The fourth-order valence-corrected chi connectivity index (χ4v) is 3.04. The number of aromatic nitrogens is 1. The minimum Gasteiger partial charge on any atom is -0.364 e. The molecule has 2 aromatic carbocycles. The zero-order valence-corrected chi connectivity index (χ0v) is 13.4. The monoisotopic (exact) mass is 349 g/mol. The molecule has 124 valence electrons. The zero-order chi connectivity index (χ0) is 17.3. The van der Waals surface area contributed by atoms with Gasteiger partial charge in [-0.25, -0.2) is 17.2 Å². The summed E-state index contributed by atoms with van der Waals surface area (Å²) in [5, 5.41) is 3.74. The normalized spacial score (nSPS) is 11.8. The quantitative estimate of drug-likeness (QED) is 0.702. The van der Waals surface area contributed by atoms with Crippen molar-refractivity contribution in [3.05, 3.63) is 60.4 Å². The molecule has 0 unspecified atom stereocenters. The van der Waals surface area contributed by atoms with Gasteiger partial charge in [0.2, 0.25) is 0 Å². The lowest BCUT2D eigenvalue weighted by atomic mass is 9.97. The van der Waals surface area contributed by atoms with E-state index in [4.69, 9.17) is 4.52 Å². The molecule has 0 saturated heterocycles. The van der Waals surface area contributed by atoms with Crippen LogP contribution in [-0.4, -0.2) is 19.8 Å². The molecule has 3 rings (SSSR count). The van der Waals surface area contributed by atoms with Gasteiger partial charge in [0.05, 0.1) is 4.90 Å². The second kappa shape index (κ2) is 6.16. The average Bonchev–Trinajstić information content (AvgIpc) is 3.08. The molecule has 24 heavy (non-hydrogen) atoms. The lowest BCUT2D eigenvalue weighted by molar-refractivity contribution is 0.152. The predicted molar refractivity (Wildman–Crippen MR) is 85.4 cm³/mol. The van der Waals surface area contributed by atoms with Crippen LogP contribution in [0.5, 0.6) is 0 Å². The number of benzene rings is 2. The largest absolute Gasteiger partial charge is 0.364 e. The topological polar surface area (TPSA) is 60.2 Å². The molecule has 0 saturated carbocycles. The number of halogens is 2. The lowest BCUT2D eigenvalue weighted by Crippen LogP contribution is -1.97. The maximum absolute atomic E-state index is 13.5. The Bertz CT molecular complexity index is 950. The molecule has 0 bridgehead atoms. The summed E-state index contributed by atoms with van der Waals surface area (Å²) in [6.45, 7) is 0. The van der Waals surface area contributed by atoms with Crippen LogP contribution in [0.4, 0.5) is 8.78 Å². The first-order valence-corrected chi connectivity index (χ1v) is 8.89. The smallest absolute Gasteiger partial charge is 0.264 e. The predicted octanol–water partition coefficient (Wildman–Crippen LogP) is 4.35. The maximum Gasteiger partial charge on any atom is 0.264 e. The molecular weight excluding hydrogens is 336 g/mol. The van der Waals surface area contributed by atoms with Crippen molar-refractivity contribution in [2.75, 3.05) is 6.26 Å². The van der Waals surface area contributed by atoms with Crippen LogP contribution >= 0.6 is 0 Å². The van der Waals surface area contributed by atoms with Crippen molar-refractivity contribution in [3.8, 4) is 22.4 Å². The van der Waals surface area contributed by atoms with E-state index in [1.54, 1.807) is 18.2 Å². The van der Waals surface area contributed by atoms with Gasteiger partial charge >= 0.3 is 0 Å². The summed E-state index contributed by atoms with van der Waals surface area (Å²) in [6.07, 6.45) is -0.212. The molecule has 1 heterocycles. The summed E-state index contributed by atoms with van der Waals surface area (Å²) in [6, 6.07) is 12.1. The van der Waals surface area contributed by atoms with Gasteiger partial charge in [0.25, 0.3) is 6.43 Å². The third kappa shape index (κ3) is 3.21. The van der Waals surface area contributed by atoms with Crippen LogP contribution in [0.2, 0.25) is 0 Å². The van der Waals surface area contributed by atoms with Gasteiger partial charge in [0.15, 0.2) is 9.84 Å². The molecule has 7 heteroatoms. The lowest BCUT2D eigenvalue weighted by Gasteiger charge is -2.11. The molecule has 0 aliphatic carbocycles. The highest BCUT2D eigenvalue weighted by molar-refractivity contribution is 7.90. The highest BCUT2D eigenvalue weighted by atomic mass is 32.2. The number of hydrogen-bond acceptors (Lipinski definition) is 4. The Hall–Kier alpha value is -2.54. The van der Waals surface area contributed by atoms with Crippen LogP contribution < -0.4 is 0 Å². The van der Waals surface area contributed by atoms with Crippen molar-refractivity contribution in [3.63, 3.8) is 0 Å². The van der Waals surface area contributed by atoms with E-state index >= 15 is 0 Å². The number of alkyl halides is 2. The molecule has 0 aliphatic rings. The Balaban J connectivity index is 2.07. The SMILES string of the molecule is CS(=O)(=O)c1ccc(-c2ccc(-c3ccon3)cc2C(F)F)cc1. The first-order chi connectivity index (χ1) is 11.4. The van der Waals surface area contributed by atoms with Crippen molar-refractivity contribution in [1.82, 2.24) is 5.16 Å². The van der Waals surface area contributed by atoms with Gasteiger partial charge in [-0.05, 0) is 29.3 Å². The fraction of sp³-hybridized carbons (Fsp3) is 0.118. The summed E-state index contributed by atoms with van der Waals surface area (Å²) in [4.78, 5) is 0.143. The summed E-state index contributed by atoms with van der Waals surface area (Å²) in [7, 11) is -3.33. The zero-order valence-electron chi connectivity index (χ0n) is 12.6. The first kappa shape index (κ1) is 16.3. The molecule has 0 atom stereocenters. The van der Waals surface area contributed by atoms with E-state index in [2.05, 4.69) is 5.16 Å². The van der Waals surface area contributed by atoms with Crippen LogP contribution in [0.25, 0.3) is 22.4 Å². The van der Waals surface area contributed by atoms with Crippen LogP contribution in [-0.2, 0) is 9.84 Å². The van der Waals surface area contributed by atoms with Gasteiger partial charge < -0.3 is 4.52 Å². The van der Waals surface area contributed by atoms with E-state index in [1.165, 1.54) is 36.6 Å². The Labute approximate surface area is 137 Å². The van der Waals surface area contributed by atoms with Crippen LogP contribution in [0.1, 0.15) is 12.0 Å². The van der Waals surface area contributed by atoms with E-state index < -0.39 is 16.3 Å². The van der Waals surface area contributed by atoms with E-state index in [1.807, 2.05) is 0 Å². The number of hydrogen-bond donors (Lipinski definition) is 0. The minimum absolute atomic E-state index is 0.143. The average molecular weight is 349 g/mol. The van der Waals surface area contributed by atoms with Crippen molar-refractivity contribution in [1.29, 1.82) is 0 Å². The minimum atomic E-state index is -3.33. The fourth-order valence-electron chi connectivity index (χ4n) is 2.41. The summed E-state index contributed by atoms with van der Waals surface area (Å²) >= 11 is 0. The van der Waals surface area contributed by atoms with Crippen LogP contribution in [0, 0.1) is 0 Å². The van der Waals surface area contributed by atoms with Gasteiger partial charge in [-0.2, -0.15) is 0 Å². The maximum atomic E-state index is 13.5. The molecule has 0 fully saturated rings. The number of rotatable bonds is 4. The first-order valence-electron chi connectivity index (χ1n) is 6.99. The van der Waals surface area contributed by atoms with E-state index in [9.17, 15) is 17.2 Å². The third-order valence-corrected chi connectivity index (χ3v) is 4.74. The van der Waals surface area contributed by atoms with Crippen LogP contribution in [0.3, 0.4) is 0 Å². The van der Waals surface area contributed by atoms with Gasteiger partial charge in [-0.15, -0.1) is 0 Å². The summed E-state index contributed by atoms with van der Waals surface area (Å²) in [5.41, 5.74) is 1.70. The second-order valence-corrected chi connectivity index (χ2v) is 7.30. The summed E-state index contributed by atoms with van der Waals surface area (Å²) < 4.78 is 54.7. The van der Waals surface area contributed by atoms with E-state index in [-0.39, 0.29) is 10.5 Å². The Morgan fingerprint density at radius 1 is 1.00 bits per heavy atom. The molecular formula is C17H13F2NO3S. The molecule has 0 radical (unpaired) electrons. The standard InChI is InChI=1S/C17H13F2NO3S/c1-24(21,22)13-5-2-11(3-6-13)14-7-4-12(10-15(14)17(18)19)16-8-9-23-20-16/h2-10,17H,1H3. The van der Waals surface area contributed by atoms with Gasteiger partial charge in [0.1, 0.15) is 12.0 Å². The highest BCUT2D eigenvalue weighted by Crippen LogP contribution is 2.34. The second-order valence-electron chi connectivity index (χ2n) is 5.28. The Kier molecular flexibility index (Phi) is 4.19. The van der Waals surface area contributed by atoms with Crippen molar-refractivity contribution in [2.24, 2.45) is 0 Å². The molecule has 0 aliphatic heterocycles. The molecule has 4 nitrogen and oxygen atoms in total. The number of sulfone groups is 1. The van der Waals surface area contributed by atoms with Crippen molar-refractivity contribution in [2.45, 2.75) is 11.3 Å². The van der Waals surface area contributed by atoms with Gasteiger partial charge in [0, 0.05) is 23.4 Å².